The van der Waals surface area contributed by atoms with E-state index < -0.39 is 0 Å². The summed E-state index contributed by atoms with van der Waals surface area (Å²) in [5, 5.41) is 0. The Kier molecular flexibility index (Phi) is 6.57. The van der Waals surface area contributed by atoms with Gasteiger partial charge in [0.15, 0.2) is 22.5 Å². The second-order valence-electron chi connectivity index (χ2n) is 11.8. The van der Waals surface area contributed by atoms with Gasteiger partial charge < -0.3 is 8.83 Å². The van der Waals surface area contributed by atoms with Crippen molar-refractivity contribution in [3.8, 4) is 56.3 Å². The predicted molar refractivity (Wildman–Crippen MR) is 183 cm³/mol. The number of oxazole rings is 2. The van der Waals surface area contributed by atoms with Gasteiger partial charge in [0, 0.05) is 22.5 Å². The Labute approximate surface area is 266 Å². The Hall–Kier alpha value is -5.88. The fourth-order valence-electron chi connectivity index (χ4n) is 6.00. The molecule has 46 heavy (non-hydrogen) atoms. The summed E-state index contributed by atoms with van der Waals surface area (Å²) in [7, 11) is 0. The summed E-state index contributed by atoms with van der Waals surface area (Å²) >= 11 is 0. The summed E-state index contributed by atoms with van der Waals surface area (Å²) in [5.74, 6) is 1.17. The van der Waals surface area contributed by atoms with Crippen molar-refractivity contribution in [2.45, 2.75) is 27.7 Å². The van der Waals surface area contributed by atoms with Gasteiger partial charge in [-0.1, -0.05) is 60.7 Å². The number of hydrogen-bond donors (Lipinski definition) is 0. The van der Waals surface area contributed by atoms with Crippen LogP contribution in [0, 0.1) is 27.7 Å². The first kappa shape index (κ1) is 27.7. The van der Waals surface area contributed by atoms with Crippen LogP contribution in [0.2, 0.25) is 0 Å². The van der Waals surface area contributed by atoms with Gasteiger partial charge in [0.05, 0.1) is 0 Å². The summed E-state index contributed by atoms with van der Waals surface area (Å²) in [5.41, 5.74) is 15.7. The minimum atomic E-state index is 0.587. The van der Waals surface area contributed by atoms with Crippen molar-refractivity contribution in [1.29, 1.82) is 0 Å². The third-order valence-electron chi connectivity index (χ3n) is 8.46. The van der Waals surface area contributed by atoms with Crippen molar-refractivity contribution in [2.24, 2.45) is 0 Å². The average Bonchev–Trinajstić information content (AvgIpc) is 3.69. The Balaban J connectivity index is 1.00. The van der Waals surface area contributed by atoms with E-state index in [2.05, 4.69) is 119 Å². The minimum Gasteiger partial charge on any atom is -0.434 e. The molecule has 0 fully saturated rings. The lowest BCUT2D eigenvalue weighted by Crippen LogP contribution is -1.88. The quantitative estimate of drug-likeness (QED) is 0.196. The maximum absolute atomic E-state index is 5.97. The lowest BCUT2D eigenvalue weighted by atomic mass is 9.94. The topological polar surface area (TPSA) is 77.8 Å². The van der Waals surface area contributed by atoms with Crippen molar-refractivity contribution in [3.63, 3.8) is 0 Å². The number of benzene rings is 4. The molecule has 0 aliphatic rings. The zero-order valence-electron chi connectivity index (χ0n) is 26.0. The number of hydrogen-bond acceptors (Lipinski definition) is 6. The van der Waals surface area contributed by atoms with Crippen molar-refractivity contribution in [2.75, 3.05) is 0 Å². The van der Waals surface area contributed by atoms with Crippen LogP contribution in [0.4, 0.5) is 0 Å². The third-order valence-corrected chi connectivity index (χ3v) is 8.46. The maximum atomic E-state index is 5.97. The molecular formula is C40H30N4O2. The summed E-state index contributed by atoms with van der Waals surface area (Å²) in [4.78, 5) is 18.2. The maximum Gasteiger partial charge on any atom is 0.228 e. The van der Waals surface area contributed by atoms with Crippen LogP contribution in [0.25, 0.3) is 78.7 Å². The highest BCUT2D eigenvalue weighted by Gasteiger charge is 2.14. The Morgan fingerprint density at radius 2 is 0.739 bits per heavy atom. The van der Waals surface area contributed by atoms with Gasteiger partial charge in [-0.3, -0.25) is 0 Å². The highest BCUT2D eigenvalue weighted by molar-refractivity contribution is 5.79. The molecular weight excluding hydrogens is 568 g/mol. The molecule has 0 aliphatic carbocycles. The molecule has 4 heterocycles. The zero-order valence-corrected chi connectivity index (χ0v) is 26.0. The molecule has 0 saturated carbocycles. The van der Waals surface area contributed by atoms with Gasteiger partial charge in [0.25, 0.3) is 0 Å². The molecule has 6 heteroatoms. The predicted octanol–water partition coefficient (Wildman–Crippen LogP) is 10.3. The van der Waals surface area contributed by atoms with Crippen LogP contribution in [0.5, 0.6) is 0 Å². The molecule has 0 N–H and O–H groups in total. The lowest BCUT2D eigenvalue weighted by molar-refractivity contribution is 0.619. The largest absolute Gasteiger partial charge is 0.434 e. The second-order valence-corrected chi connectivity index (χ2v) is 11.8. The van der Waals surface area contributed by atoms with E-state index in [4.69, 9.17) is 8.83 Å². The number of nitrogens with zero attached hydrogens (tertiary/aromatic N) is 4. The Morgan fingerprint density at radius 1 is 0.370 bits per heavy atom. The van der Waals surface area contributed by atoms with E-state index in [9.17, 15) is 0 Å². The first-order chi connectivity index (χ1) is 22.4. The lowest BCUT2D eigenvalue weighted by Gasteiger charge is -2.11. The van der Waals surface area contributed by atoms with E-state index in [1.54, 1.807) is 0 Å². The molecule has 0 radical (unpaired) electrons. The van der Waals surface area contributed by atoms with Crippen molar-refractivity contribution < 1.29 is 8.83 Å². The first-order valence-corrected chi connectivity index (χ1v) is 15.3. The van der Waals surface area contributed by atoms with Gasteiger partial charge in [0.1, 0.15) is 0 Å². The molecule has 0 spiro atoms. The minimum absolute atomic E-state index is 0.587. The van der Waals surface area contributed by atoms with E-state index in [0.717, 1.165) is 33.6 Å². The number of pyridine rings is 2. The fraction of sp³-hybridized carbons (Fsp3) is 0.100. The second kappa shape index (κ2) is 10.9. The normalized spacial score (nSPS) is 11.5. The molecule has 0 atom stereocenters. The molecule has 0 unspecified atom stereocenters. The van der Waals surface area contributed by atoms with Crippen molar-refractivity contribution in [3.05, 3.63) is 132 Å². The SMILES string of the molecule is Cc1ccc2oc(-c3ccc(-c4ccc(-c5ccc(-c6ccc(-c7nc8nc(C)ccc8o7)cc6C)cc5)cc4)c(C)c3)nc2n1. The van der Waals surface area contributed by atoms with Gasteiger partial charge in [-0.05, 0) is 121 Å². The van der Waals surface area contributed by atoms with Crippen LogP contribution in [0.3, 0.4) is 0 Å². The molecule has 4 aromatic carbocycles. The fourth-order valence-corrected chi connectivity index (χ4v) is 6.00. The van der Waals surface area contributed by atoms with Gasteiger partial charge in [0.2, 0.25) is 11.8 Å². The summed E-state index contributed by atoms with van der Waals surface area (Å²) in [6, 6.07) is 37.8. The highest BCUT2D eigenvalue weighted by atomic mass is 16.4. The molecule has 8 aromatic rings. The first-order valence-electron chi connectivity index (χ1n) is 15.3. The summed E-state index contributed by atoms with van der Waals surface area (Å²) < 4.78 is 11.9. The smallest absolute Gasteiger partial charge is 0.228 e. The molecule has 0 amide bonds. The average molecular weight is 599 g/mol. The highest BCUT2D eigenvalue weighted by Crippen LogP contribution is 2.34. The van der Waals surface area contributed by atoms with Crippen molar-refractivity contribution >= 4 is 22.5 Å². The molecule has 0 bridgehead atoms. The van der Waals surface area contributed by atoms with E-state index >= 15 is 0 Å². The Morgan fingerprint density at radius 3 is 1.13 bits per heavy atom. The van der Waals surface area contributed by atoms with E-state index in [0.29, 0.717) is 34.2 Å². The molecule has 0 aliphatic heterocycles. The van der Waals surface area contributed by atoms with Crippen LogP contribution in [0.1, 0.15) is 22.5 Å². The number of aryl methyl sites for hydroxylation is 4. The zero-order chi connectivity index (χ0) is 31.4. The van der Waals surface area contributed by atoms with E-state index in [-0.39, 0.29) is 0 Å². The van der Waals surface area contributed by atoms with Crippen LogP contribution in [-0.4, -0.2) is 19.9 Å². The number of rotatable bonds is 5. The van der Waals surface area contributed by atoms with Gasteiger partial charge in [-0.2, -0.15) is 9.97 Å². The Bertz CT molecular complexity index is 2230. The van der Waals surface area contributed by atoms with E-state index in [1.807, 2.05) is 38.1 Å². The van der Waals surface area contributed by atoms with Crippen LogP contribution in [0.15, 0.2) is 118 Å². The molecule has 6 nitrogen and oxygen atoms in total. The third kappa shape index (κ3) is 5.04. The summed E-state index contributed by atoms with van der Waals surface area (Å²) in [6.45, 7) is 8.15. The van der Waals surface area contributed by atoms with Crippen LogP contribution in [-0.2, 0) is 0 Å². The van der Waals surface area contributed by atoms with Crippen LogP contribution < -0.4 is 0 Å². The van der Waals surface area contributed by atoms with E-state index in [1.165, 1.54) is 33.4 Å². The van der Waals surface area contributed by atoms with Gasteiger partial charge in [-0.25, -0.2) is 9.97 Å². The number of aromatic nitrogens is 4. The van der Waals surface area contributed by atoms with Gasteiger partial charge in [-0.15, -0.1) is 0 Å². The molecule has 8 rings (SSSR count). The molecule has 222 valence electrons. The molecule has 4 aromatic heterocycles. The monoisotopic (exact) mass is 598 g/mol. The van der Waals surface area contributed by atoms with Crippen molar-refractivity contribution in [1.82, 2.24) is 19.9 Å². The summed E-state index contributed by atoms with van der Waals surface area (Å²) in [6.07, 6.45) is 0. The standard InChI is InChI=1S/C40H30N4O2/c1-23-21-31(39-43-37-35(45-39)19-5-25(3)41-37)15-17-33(23)29-11-7-27(8-12-29)28-9-13-30(14-10-28)34-18-16-32(22-24(34)2)40-44-38-36(46-40)20-6-26(4)42-38/h5-22H,1-4H3. The molecule has 0 saturated heterocycles. The van der Waals surface area contributed by atoms with Gasteiger partial charge >= 0.3 is 0 Å². The number of fused-ring (bicyclic) bond motifs is 2. The van der Waals surface area contributed by atoms with Crippen LogP contribution >= 0.6 is 0 Å².